The summed E-state index contributed by atoms with van der Waals surface area (Å²) >= 11 is 0. The zero-order valence-corrected chi connectivity index (χ0v) is 19.4. The monoisotopic (exact) mass is 477 g/mol. The predicted octanol–water partition coefficient (Wildman–Crippen LogP) is 0.805. The van der Waals surface area contributed by atoms with Crippen LogP contribution < -0.4 is 32.4 Å². The van der Waals surface area contributed by atoms with Gasteiger partial charge in [-0.15, -0.1) is 0 Å². The van der Waals surface area contributed by atoms with Gasteiger partial charge in [0, 0.05) is 26.2 Å². The van der Waals surface area contributed by atoms with Crippen LogP contribution in [0.25, 0.3) is 0 Å². The molecule has 12 heteroatoms. The van der Waals surface area contributed by atoms with E-state index in [0.29, 0.717) is 43.2 Å². The van der Waals surface area contributed by atoms with Gasteiger partial charge in [0.25, 0.3) is 0 Å². The average molecular weight is 478 g/mol. The minimum atomic E-state index is -3.76. The molecule has 0 bridgehead atoms. The Kier molecular flexibility index (Phi) is 9.76. The number of nitrogens with zero attached hydrogens (tertiary/aromatic N) is 3. The Balaban J connectivity index is 2.11. The molecular weight excluding hydrogens is 446 g/mol. The molecule has 0 unspecified atom stereocenters. The summed E-state index contributed by atoms with van der Waals surface area (Å²) in [7, 11) is -2.18. The number of guanidine groups is 2. The maximum absolute atomic E-state index is 13.2. The molecular formula is C21H31N7O4S. The highest BCUT2D eigenvalue weighted by molar-refractivity contribution is 7.89. The Labute approximate surface area is 194 Å². The normalized spacial score (nSPS) is 11.1. The third-order valence-corrected chi connectivity index (χ3v) is 6.39. The molecule has 0 radical (unpaired) electrons. The SMILES string of the molecule is COc1ccc(Oc2ccc(S(=O)(=O)N(CCCN=C(N)N)CCCN=C(N)N)cc2)cc1. The molecule has 2 rings (SSSR count). The molecule has 11 nitrogen and oxygen atoms in total. The topological polar surface area (TPSA) is 185 Å². The summed E-state index contributed by atoms with van der Waals surface area (Å²) in [5, 5.41) is 0. The van der Waals surface area contributed by atoms with E-state index < -0.39 is 10.0 Å². The van der Waals surface area contributed by atoms with E-state index >= 15 is 0 Å². The molecule has 0 fully saturated rings. The zero-order chi connectivity index (χ0) is 24.3. The molecule has 0 amide bonds. The number of benzene rings is 2. The molecule has 2 aromatic rings. The first kappa shape index (κ1) is 25.7. The van der Waals surface area contributed by atoms with E-state index in [9.17, 15) is 8.42 Å². The van der Waals surface area contributed by atoms with Crippen LogP contribution in [0.1, 0.15) is 12.8 Å². The van der Waals surface area contributed by atoms with Crippen molar-refractivity contribution in [2.75, 3.05) is 33.3 Å². The summed E-state index contributed by atoms with van der Waals surface area (Å²) in [5.74, 6) is 1.75. The number of hydrogen-bond donors (Lipinski definition) is 4. The highest BCUT2D eigenvalue weighted by Gasteiger charge is 2.23. The Morgan fingerprint density at radius 2 is 1.21 bits per heavy atom. The summed E-state index contributed by atoms with van der Waals surface area (Å²) in [4.78, 5) is 7.96. The number of sulfonamides is 1. The van der Waals surface area contributed by atoms with Crippen LogP contribution in [-0.2, 0) is 10.0 Å². The van der Waals surface area contributed by atoms with E-state index in [2.05, 4.69) is 9.98 Å². The summed E-state index contributed by atoms with van der Waals surface area (Å²) in [6.07, 6.45) is 0.913. The lowest BCUT2D eigenvalue weighted by molar-refractivity contribution is 0.402. The second-order valence-corrected chi connectivity index (χ2v) is 8.91. The average Bonchev–Trinajstić information content (AvgIpc) is 2.78. The lowest BCUT2D eigenvalue weighted by Gasteiger charge is -2.22. The maximum atomic E-state index is 13.2. The second-order valence-electron chi connectivity index (χ2n) is 6.97. The first-order valence-electron chi connectivity index (χ1n) is 10.3. The number of ether oxygens (including phenoxy) is 2. The largest absolute Gasteiger partial charge is 0.497 e. The highest BCUT2D eigenvalue weighted by atomic mass is 32.2. The van der Waals surface area contributed by atoms with E-state index in [4.69, 9.17) is 32.4 Å². The smallest absolute Gasteiger partial charge is 0.243 e. The molecule has 0 aliphatic heterocycles. The summed E-state index contributed by atoms with van der Waals surface area (Å²) in [5.41, 5.74) is 21.3. The first-order valence-corrected chi connectivity index (χ1v) is 11.7. The number of rotatable bonds is 13. The summed E-state index contributed by atoms with van der Waals surface area (Å²) < 4.78 is 38.7. The third-order valence-electron chi connectivity index (χ3n) is 4.48. The molecule has 0 spiro atoms. The van der Waals surface area contributed by atoms with Gasteiger partial charge in [0.1, 0.15) is 17.2 Å². The van der Waals surface area contributed by atoms with Gasteiger partial charge in [0.2, 0.25) is 10.0 Å². The van der Waals surface area contributed by atoms with Crippen molar-refractivity contribution in [1.82, 2.24) is 4.31 Å². The van der Waals surface area contributed by atoms with Crippen LogP contribution in [0.2, 0.25) is 0 Å². The highest BCUT2D eigenvalue weighted by Crippen LogP contribution is 2.26. The number of nitrogens with two attached hydrogens (primary N) is 4. The predicted molar refractivity (Wildman–Crippen MR) is 129 cm³/mol. The molecule has 0 aliphatic carbocycles. The Bertz CT molecular complexity index is 1010. The number of hydrogen-bond acceptors (Lipinski definition) is 6. The van der Waals surface area contributed by atoms with Crippen LogP contribution in [-0.4, -0.2) is 57.9 Å². The van der Waals surface area contributed by atoms with Gasteiger partial charge in [0.05, 0.1) is 12.0 Å². The first-order chi connectivity index (χ1) is 15.7. The molecule has 0 saturated heterocycles. The molecule has 33 heavy (non-hydrogen) atoms. The Morgan fingerprint density at radius 1 is 0.788 bits per heavy atom. The van der Waals surface area contributed by atoms with Gasteiger partial charge in [-0.2, -0.15) is 4.31 Å². The zero-order valence-electron chi connectivity index (χ0n) is 18.6. The molecule has 180 valence electrons. The van der Waals surface area contributed by atoms with Gasteiger partial charge in [-0.1, -0.05) is 0 Å². The van der Waals surface area contributed by atoms with Crippen molar-refractivity contribution in [3.05, 3.63) is 48.5 Å². The van der Waals surface area contributed by atoms with Gasteiger partial charge in [-0.25, -0.2) is 8.42 Å². The van der Waals surface area contributed by atoms with Crippen LogP contribution in [0.4, 0.5) is 0 Å². The quantitative estimate of drug-likeness (QED) is 0.185. The van der Waals surface area contributed by atoms with Crippen LogP contribution in [0.15, 0.2) is 63.4 Å². The standard InChI is InChI=1S/C21H31N7O4S/c1-31-16-4-6-17(7-5-16)32-18-8-10-19(11-9-18)33(29,30)28(14-2-12-26-20(22)23)15-3-13-27-21(24)25/h4-11H,2-3,12-15H2,1H3,(H4,22,23,26)(H4,24,25,27). The molecule has 0 atom stereocenters. The molecule has 2 aromatic carbocycles. The van der Waals surface area contributed by atoms with E-state index in [1.54, 1.807) is 43.5 Å². The number of aliphatic imine (C=N–C) groups is 2. The molecule has 0 saturated carbocycles. The van der Waals surface area contributed by atoms with Gasteiger partial charge in [0.15, 0.2) is 11.9 Å². The lowest BCUT2D eigenvalue weighted by Crippen LogP contribution is -2.34. The van der Waals surface area contributed by atoms with Crippen molar-refractivity contribution in [3.8, 4) is 17.2 Å². The van der Waals surface area contributed by atoms with E-state index in [0.717, 1.165) is 0 Å². The third kappa shape index (κ3) is 8.50. The fourth-order valence-corrected chi connectivity index (χ4v) is 4.39. The summed E-state index contributed by atoms with van der Waals surface area (Å²) in [6.45, 7) is 1.11. The van der Waals surface area contributed by atoms with Crippen LogP contribution >= 0.6 is 0 Å². The van der Waals surface area contributed by atoms with Gasteiger partial charge >= 0.3 is 0 Å². The minimum Gasteiger partial charge on any atom is -0.497 e. The van der Waals surface area contributed by atoms with Crippen LogP contribution in [0, 0.1) is 0 Å². The van der Waals surface area contributed by atoms with Crippen molar-refractivity contribution >= 4 is 21.9 Å². The fourth-order valence-electron chi connectivity index (χ4n) is 2.87. The molecule has 0 aromatic heterocycles. The Hall–Kier alpha value is -3.51. The van der Waals surface area contributed by atoms with Gasteiger partial charge in [-0.3, -0.25) is 9.98 Å². The van der Waals surface area contributed by atoms with Crippen molar-refractivity contribution in [2.45, 2.75) is 17.7 Å². The van der Waals surface area contributed by atoms with E-state index in [1.165, 1.54) is 16.4 Å². The minimum absolute atomic E-state index is 0.0374. The molecule has 0 heterocycles. The van der Waals surface area contributed by atoms with Gasteiger partial charge in [-0.05, 0) is 61.4 Å². The van der Waals surface area contributed by atoms with Crippen molar-refractivity contribution in [2.24, 2.45) is 32.9 Å². The molecule has 8 N–H and O–H groups in total. The van der Waals surface area contributed by atoms with Crippen LogP contribution in [0.5, 0.6) is 17.2 Å². The van der Waals surface area contributed by atoms with E-state index in [-0.39, 0.29) is 29.9 Å². The fraction of sp³-hybridized carbons (Fsp3) is 0.333. The van der Waals surface area contributed by atoms with Gasteiger partial charge < -0.3 is 32.4 Å². The molecule has 0 aliphatic rings. The maximum Gasteiger partial charge on any atom is 0.243 e. The Morgan fingerprint density at radius 3 is 1.64 bits per heavy atom. The van der Waals surface area contributed by atoms with E-state index in [1.807, 2.05) is 0 Å². The van der Waals surface area contributed by atoms with Crippen molar-refractivity contribution < 1.29 is 17.9 Å². The van der Waals surface area contributed by atoms with Crippen molar-refractivity contribution in [3.63, 3.8) is 0 Å². The number of methoxy groups -OCH3 is 1. The lowest BCUT2D eigenvalue weighted by atomic mass is 10.3. The summed E-state index contributed by atoms with van der Waals surface area (Å²) in [6, 6.07) is 13.3. The van der Waals surface area contributed by atoms with Crippen LogP contribution in [0.3, 0.4) is 0 Å². The van der Waals surface area contributed by atoms with Crippen molar-refractivity contribution in [1.29, 1.82) is 0 Å². The second kappa shape index (κ2) is 12.5.